The Morgan fingerprint density at radius 1 is 1.32 bits per heavy atom. The minimum Gasteiger partial charge on any atom is -0.467 e. The fraction of sp³-hybridized carbons (Fsp3) is 0.450. The molecule has 1 aromatic heterocycles. The Balaban J connectivity index is 1.68. The number of piperidine rings is 1. The average Bonchev–Trinajstić information content (AvgIpc) is 3.13. The van der Waals surface area contributed by atoms with E-state index in [1.807, 2.05) is 6.07 Å². The first-order chi connectivity index (χ1) is 12.2. The standard InChI is InChI=1S/C20H27N3O2/c1-15-7-9-23(10-8-15)19(16-5-3-2-4-6-16)13-22-20(24)17-11-18(12-21)25-14-17/h2-6,11,14-15,19H,7-10,12-13,21H2,1H3,(H,22,24). The van der Waals surface area contributed by atoms with Gasteiger partial charge in [-0.2, -0.15) is 0 Å². The van der Waals surface area contributed by atoms with Crippen LogP contribution in [0.2, 0.25) is 0 Å². The number of amides is 1. The molecular weight excluding hydrogens is 314 g/mol. The maximum Gasteiger partial charge on any atom is 0.254 e. The molecule has 0 radical (unpaired) electrons. The molecule has 1 aromatic carbocycles. The lowest BCUT2D eigenvalue weighted by Crippen LogP contribution is -2.41. The fourth-order valence-electron chi connectivity index (χ4n) is 3.37. The van der Waals surface area contributed by atoms with Crippen LogP contribution >= 0.6 is 0 Å². The van der Waals surface area contributed by atoms with Crippen LogP contribution < -0.4 is 11.1 Å². The van der Waals surface area contributed by atoms with Gasteiger partial charge in [0.05, 0.1) is 18.2 Å². The lowest BCUT2D eigenvalue weighted by atomic mass is 9.95. The van der Waals surface area contributed by atoms with Crippen molar-refractivity contribution in [2.24, 2.45) is 11.7 Å². The summed E-state index contributed by atoms with van der Waals surface area (Å²) in [7, 11) is 0. The molecule has 1 amide bonds. The van der Waals surface area contributed by atoms with Gasteiger partial charge in [-0.25, -0.2) is 0 Å². The number of hydrogen-bond acceptors (Lipinski definition) is 4. The van der Waals surface area contributed by atoms with Crippen molar-refractivity contribution in [3.63, 3.8) is 0 Å². The van der Waals surface area contributed by atoms with Gasteiger partial charge >= 0.3 is 0 Å². The van der Waals surface area contributed by atoms with Crippen LogP contribution in [0.3, 0.4) is 0 Å². The highest BCUT2D eigenvalue weighted by Gasteiger charge is 2.25. The SMILES string of the molecule is CC1CCN(C(CNC(=O)c2coc(CN)c2)c2ccccc2)CC1. The van der Waals surface area contributed by atoms with Gasteiger partial charge in [0.25, 0.3) is 5.91 Å². The monoisotopic (exact) mass is 341 g/mol. The summed E-state index contributed by atoms with van der Waals surface area (Å²) in [5.74, 6) is 1.28. The van der Waals surface area contributed by atoms with Gasteiger partial charge in [-0.05, 0) is 43.5 Å². The molecule has 2 aromatic rings. The van der Waals surface area contributed by atoms with Gasteiger partial charge in [-0.1, -0.05) is 37.3 Å². The van der Waals surface area contributed by atoms with Crippen LogP contribution in [0.5, 0.6) is 0 Å². The number of carbonyl (C=O) groups excluding carboxylic acids is 1. The van der Waals surface area contributed by atoms with Crippen LogP contribution in [0.25, 0.3) is 0 Å². The van der Waals surface area contributed by atoms with Crippen molar-refractivity contribution in [2.45, 2.75) is 32.4 Å². The second kappa shape index (κ2) is 8.32. The largest absolute Gasteiger partial charge is 0.467 e. The number of carbonyl (C=O) groups is 1. The fourth-order valence-corrected chi connectivity index (χ4v) is 3.37. The third kappa shape index (κ3) is 4.50. The highest BCUT2D eigenvalue weighted by molar-refractivity contribution is 5.94. The molecular formula is C20H27N3O2. The number of rotatable bonds is 6. The second-order valence-electron chi connectivity index (χ2n) is 6.86. The van der Waals surface area contributed by atoms with Crippen molar-refractivity contribution in [1.29, 1.82) is 0 Å². The normalized spacial score (nSPS) is 17.4. The first-order valence-electron chi connectivity index (χ1n) is 9.02. The summed E-state index contributed by atoms with van der Waals surface area (Å²) in [6.45, 7) is 5.33. The molecule has 1 fully saturated rings. The van der Waals surface area contributed by atoms with Crippen molar-refractivity contribution in [3.05, 3.63) is 59.5 Å². The zero-order valence-corrected chi connectivity index (χ0v) is 14.8. The average molecular weight is 341 g/mol. The highest BCUT2D eigenvalue weighted by Crippen LogP contribution is 2.26. The quantitative estimate of drug-likeness (QED) is 0.847. The summed E-state index contributed by atoms with van der Waals surface area (Å²) in [5, 5.41) is 3.06. The summed E-state index contributed by atoms with van der Waals surface area (Å²) in [6, 6.07) is 12.3. The highest BCUT2D eigenvalue weighted by atomic mass is 16.3. The molecule has 1 unspecified atom stereocenters. The van der Waals surface area contributed by atoms with Crippen LogP contribution in [-0.4, -0.2) is 30.4 Å². The topological polar surface area (TPSA) is 71.5 Å². The summed E-state index contributed by atoms with van der Waals surface area (Å²) in [5.41, 5.74) is 7.31. The van der Waals surface area contributed by atoms with E-state index in [-0.39, 0.29) is 11.9 Å². The van der Waals surface area contributed by atoms with E-state index >= 15 is 0 Å². The zero-order chi connectivity index (χ0) is 17.6. The number of likely N-dealkylation sites (tertiary alicyclic amines) is 1. The van der Waals surface area contributed by atoms with Crippen LogP contribution in [0.4, 0.5) is 0 Å². The molecule has 1 aliphatic heterocycles. The molecule has 5 heteroatoms. The van der Waals surface area contributed by atoms with Gasteiger partial charge in [0.15, 0.2) is 0 Å². The molecule has 2 heterocycles. The predicted molar refractivity (Wildman–Crippen MR) is 98.1 cm³/mol. The number of nitrogens with one attached hydrogen (secondary N) is 1. The summed E-state index contributed by atoms with van der Waals surface area (Å²) >= 11 is 0. The first-order valence-corrected chi connectivity index (χ1v) is 9.02. The van der Waals surface area contributed by atoms with Crippen LogP contribution in [0.1, 0.15) is 47.5 Å². The zero-order valence-electron chi connectivity index (χ0n) is 14.8. The van der Waals surface area contributed by atoms with Gasteiger partial charge in [0, 0.05) is 6.54 Å². The van der Waals surface area contributed by atoms with E-state index in [9.17, 15) is 4.79 Å². The Bertz CT molecular complexity index is 675. The van der Waals surface area contributed by atoms with Crippen molar-refractivity contribution >= 4 is 5.91 Å². The Morgan fingerprint density at radius 3 is 2.68 bits per heavy atom. The van der Waals surface area contributed by atoms with E-state index in [0.29, 0.717) is 24.4 Å². The van der Waals surface area contributed by atoms with Gasteiger partial charge in [0.2, 0.25) is 0 Å². The maximum absolute atomic E-state index is 12.4. The van der Waals surface area contributed by atoms with E-state index in [2.05, 4.69) is 41.4 Å². The Kier molecular flexibility index (Phi) is 5.89. The smallest absolute Gasteiger partial charge is 0.254 e. The molecule has 134 valence electrons. The Labute approximate surface area is 149 Å². The molecule has 3 rings (SSSR count). The number of furan rings is 1. The third-order valence-corrected chi connectivity index (χ3v) is 5.02. The summed E-state index contributed by atoms with van der Waals surface area (Å²) < 4.78 is 5.26. The molecule has 1 aliphatic rings. The van der Waals surface area contributed by atoms with E-state index in [1.165, 1.54) is 24.7 Å². The third-order valence-electron chi connectivity index (χ3n) is 5.02. The molecule has 3 N–H and O–H groups in total. The van der Waals surface area contributed by atoms with E-state index in [4.69, 9.17) is 10.2 Å². The van der Waals surface area contributed by atoms with E-state index in [0.717, 1.165) is 19.0 Å². The molecule has 0 aliphatic carbocycles. The molecule has 5 nitrogen and oxygen atoms in total. The predicted octanol–water partition coefficient (Wildman–Crippen LogP) is 2.94. The van der Waals surface area contributed by atoms with Gasteiger partial charge in [-0.15, -0.1) is 0 Å². The Hall–Kier alpha value is -2.11. The molecule has 0 saturated carbocycles. The van der Waals surface area contributed by atoms with Gasteiger partial charge in [-0.3, -0.25) is 9.69 Å². The summed E-state index contributed by atoms with van der Waals surface area (Å²) in [4.78, 5) is 14.9. The molecule has 25 heavy (non-hydrogen) atoms. The molecule has 0 spiro atoms. The van der Waals surface area contributed by atoms with Crippen molar-refractivity contribution in [2.75, 3.05) is 19.6 Å². The molecule has 1 atom stereocenters. The Morgan fingerprint density at radius 2 is 2.04 bits per heavy atom. The van der Waals surface area contributed by atoms with E-state index in [1.54, 1.807) is 6.07 Å². The van der Waals surface area contributed by atoms with Gasteiger partial charge in [0.1, 0.15) is 12.0 Å². The molecule has 1 saturated heterocycles. The number of nitrogens with zero attached hydrogens (tertiary/aromatic N) is 1. The number of hydrogen-bond donors (Lipinski definition) is 2. The summed E-state index contributed by atoms with van der Waals surface area (Å²) in [6.07, 6.45) is 3.88. The van der Waals surface area contributed by atoms with Crippen molar-refractivity contribution in [1.82, 2.24) is 10.2 Å². The minimum absolute atomic E-state index is 0.116. The van der Waals surface area contributed by atoms with Crippen LogP contribution in [-0.2, 0) is 6.54 Å². The number of benzene rings is 1. The number of nitrogens with two attached hydrogens (primary N) is 1. The lowest BCUT2D eigenvalue weighted by Gasteiger charge is -2.37. The minimum atomic E-state index is -0.116. The van der Waals surface area contributed by atoms with E-state index < -0.39 is 0 Å². The molecule has 0 bridgehead atoms. The first kappa shape index (κ1) is 17.7. The van der Waals surface area contributed by atoms with Crippen LogP contribution in [0, 0.1) is 5.92 Å². The lowest BCUT2D eigenvalue weighted by molar-refractivity contribution is 0.0912. The van der Waals surface area contributed by atoms with Crippen LogP contribution in [0.15, 0.2) is 47.1 Å². The van der Waals surface area contributed by atoms with Crippen molar-refractivity contribution < 1.29 is 9.21 Å². The maximum atomic E-state index is 12.4. The second-order valence-corrected chi connectivity index (χ2v) is 6.86. The van der Waals surface area contributed by atoms with Crippen molar-refractivity contribution in [3.8, 4) is 0 Å². The van der Waals surface area contributed by atoms with Gasteiger partial charge < -0.3 is 15.5 Å².